The van der Waals surface area contributed by atoms with Crippen LogP contribution in [0.4, 0.5) is 0 Å². The van der Waals surface area contributed by atoms with Gasteiger partial charge in [0.25, 0.3) is 6.47 Å². The summed E-state index contributed by atoms with van der Waals surface area (Å²) in [5.41, 5.74) is 0. The van der Waals surface area contributed by atoms with E-state index in [2.05, 4.69) is 6.58 Å². The van der Waals surface area contributed by atoms with Crippen LogP contribution in [-0.4, -0.2) is 12.6 Å². The van der Waals surface area contributed by atoms with Gasteiger partial charge in [-0.25, -0.2) is 0 Å². The summed E-state index contributed by atoms with van der Waals surface area (Å²) < 4.78 is 4.77. The van der Waals surface area contributed by atoms with E-state index in [0.29, 0.717) is 6.47 Å². The molecule has 0 aromatic carbocycles. The molecular weight excluding hydrogens is 164 g/mol. The van der Waals surface area contributed by atoms with Crippen molar-refractivity contribution in [1.82, 2.24) is 0 Å². The summed E-state index contributed by atoms with van der Waals surface area (Å²) in [6, 6.07) is 0. The van der Waals surface area contributed by atoms with Crippen LogP contribution in [0.5, 0.6) is 0 Å². The van der Waals surface area contributed by atoms with E-state index in [9.17, 15) is 4.79 Å². The Morgan fingerprint density at radius 1 is 1.31 bits per heavy atom. The van der Waals surface area contributed by atoms with Gasteiger partial charge >= 0.3 is 0 Å². The predicted octanol–water partition coefficient (Wildman–Crippen LogP) is 3.07. The van der Waals surface area contributed by atoms with Gasteiger partial charge in [0.05, 0.1) is 6.10 Å². The number of carbonyl (C=O) groups is 1. The van der Waals surface area contributed by atoms with Gasteiger partial charge in [0.15, 0.2) is 0 Å². The van der Waals surface area contributed by atoms with Gasteiger partial charge in [-0.3, -0.25) is 4.79 Å². The summed E-state index contributed by atoms with van der Waals surface area (Å²) in [5.74, 6) is 0. The molecule has 0 aromatic heterocycles. The van der Waals surface area contributed by atoms with Gasteiger partial charge < -0.3 is 4.74 Å². The van der Waals surface area contributed by atoms with Crippen LogP contribution >= 0.6 is 0 Å². The molecule has 0 aromatic rings. The van der Waals surface area contributed by atoms with Gasteiger partial charge in [0.2, 0.25) is 0 Å². The zero-order chi connectivity index (χ0) is 9.94. The summed E-state index contributed by atoms with van der Waals surface area (Å²) in [5, 5.41) is 0. The van der Waals surface area contributed by atoms with Crippen molar-refractivity contribution in [3.05, 3.63) is 12.7 Å². The molecule has 0 unspecified atom stereocenters. The van der Waals surface area contributed by atoms with Gasteiger partial charge in [0, 0.05) is 0 Å². The molecule has 0 rings (SSSR count). The van der Waals surface area contributed by atoms with Crippen LogP contribution in [0.1, 0.15) is 45.4 Å². The van der Waals surface area contributed by atoms with Crippen LogP contribution in [0.2, 0.25) is 0 Å². The second-order valence-electron chi connectivity index (χ2n) is 3.32. The molecule has 0 heterocycles. The standard InChI is InChI=1S/C11H20O2/c1-3-4-5-6-7-8-9-11(2)13-10-12/h3,10-11H,1,4-9H2,2H3/t11-/m1/s1. The average Bonchev–Trinajstić information content (AvgIpc) is 2.11. The fourth-order valence-corrected chi connectivity index (χ4v) is 1.24. The zero-order valence-electron chi connectivity index (χ0n) is 8.50. The van der Waals surface area contributed by atoms with Crippen molar-refractivity contribution in [2.45, 2.75) is 51.6 Å². The minimum atomic E-state index is 0.0805. The molecule has 0 spiro atoms. The predicted molar refractivity (Wildman–Crippen MR) is 54.5 cm³/mol. The third-order valence-corrected chi connectivity index (χ3v) is 2.06. The van der Waals surface area contributed by atoms with Crippen molar-refractivity contribution < 1.29 is 9.53 Å². The van der Waals surface area contributed by atoms with Gasteiger partial charge in [-0.1, -0.05) is 18.9 Å². The number of allylic oxidation sites excluding steroid dienone is 1. The van der Waals surface area contributed by atoms with Crippen molar-refractivity contribution in [2.24, 2.45) is 0 Å². The molecule has 2 heteroatoms. The molecule has 0 saturated heterocycles. The summed E-state index contributed by atoms with van der Waals surface area (Å²) in [6.07, 6.45) is 8.97. The maximum Gasteiger partial charge on any atom is 0.293 e. The zero-order valence-corrected chi connectivity index (χ0v) is 8.50. The Hall–Kier alpha value is -0.790. The Morgan fingerprint density at radius 2 is 2.00 bits per heavy atom. The van der Waals surface area contributed by atoms with Crippen molar-refractivity contribution in [2.75, 3.05) is 0 Å². The number of unbranched alkanes of at least 4 members (excludes halogenated alkanes) is 4. The lowest BCUT2D eigenvalue weighted by molar-refractivity contribution is -0.133. The van der Waals surface area contributed by atoms with E-state index in [1.165, 1.54) is 19.3 Å². The Kier molecular flexibility index (Phi) is 8.73. The normalized spacial score (nSPS) is 12.1. The lowest BCUT2D eigenvalue weighted by atomic mass is 10.1. The summed E-state index contributed by atoms with van der Waals surface area (Å²) in [6.45, 7) is 6.13. The molecule has 2 nitrogen and oxygen atoms in total. The van der Waals surface area contributed by atoms with Crippen LogP contribution in [0.25, 0.3) is 0 Å². The molecule has 0 amide bonds. The van der Waals surface area contributed by atoms with E-state index in [4.69, 9.17) is 4.74 Å². The molecule has 0 N–H and O–H groups in total. The third-order valence-electron chi connectivity index (χ3n) is 2.06. The molecular formula is C11H20O2. The van der Waals surface area contributed by atoms with Gasteiger partial charge in [0.1, 0.15) is 0 Å². The van der Waals surface area contributed by atoms with Crippen LogP contribution < -0.4 is 0 Å². The van der Waals surface area contributed by atoms with Crippen molar-refractivity contribution in [1.29, 1.82) is 0 Å². The van der Waals surface area contributed by atoms with Crippen molar-refractivity contribution in [3.63, 3.8) is 0 Å². The van der Waals surface area contributed by atoms with E-state index in [1.54, 1.807) is 0 Å². The monoisotopic (exact) mass is 184 g/mol. The molecule has 0 saturated carbocycles. The highest BCUT2D eigenvalue weighted by atomic mass is 16.5. The maximum absolute atomic E-state index is 9.96. The summed E-state index contributed by atoms with van der Waals surface area (Å²) in [7, 11) is 0. The van der Waals surface area contributed by atoms with E-state index < -0.39 is 0 Å². The molecule has 0 aliphatic rings. The first-order valence-corrected chi connectivity index (χ1v) is 5.01. The highest BCUT2D eigenvalue weighted by Crippen LogP contribution is 2.08. The van der Waals surface area contributed by atoms with Gasteiger partial charge in [-0.05, 0) is 32.6 Å². The molecule has 1 atom stereocenters. The van der Waals surface area contributed by atoms with E-state index >= 15 is 0 Å². The molecule has 0 bridgehead atoms. The number of carbonyl (C=O) groups excluding carboxylic acids is 1. The maximum atomic E-state index is 9.96. The van der Waals surface area contributed by atoms with Gasteiger partial charge in [-0.2, -0.15) is 0 Å². The van der Waals surface area contributed by atoms with E-state index in [-0.39, 0.29) is 6.10 Å². The van der Waals surface area contributed by atoms with Gasteiger partial charge in [-0.15, -0.1) is 6.58 Å². The number of ether oxygens (including phenoxy) is 1. The van der Waals surface area contributed by atoms with Crippen molar-refractivity contribution >= 4 is 6.47 Å². The fraction of sp³-hybridized carbons (Fsp3) is 0.727. The highest BCUT2D eigenvalue weighted by Gasteiger charge is 1.99. The molecule has 0 fully saturated rings. The summed E-state index contributed by atoms with van der Waals surface area (Å²) in [4.78, 5) is 9.96. The van der Waals surface area contributed by atoms with E-state index in [0.717, 1.165) is 19.3 Å². The molecule has 0 aliphatic carbocycles. The lowest BCUT2D eigenvalue weighted by Gasteiger charge is -2.08. The first-order valence-electron chi connectivity index (χ1n) is 5.01. The number of hydrogen-bond donors (Lipinski definition) is 0. The van der Waals surface area contributed by atoms with Crippen LogP contribution in [0, 0.1) is 0 Å². The topological polar surface area (TPSA) is 26.3 Å². The lowest BCUT2D eigenvalue weighted by Crippen LogP contribution is -2.05. The van der Waals surface area contributed by atoms with Crippen LogP contribution in [0.3, 0.4) is 0 Å². The molecule has 13 heavy (non-hydrogen) atoms. The second-order valence-corrected chi connectivity index (χ2v) is 3.32. The SMILES string of the molecule is C=CCCCCCC[C@@H](C)OC=O. The van der Waals surface area contributed by atoms with E-state index in [1.807, 2.05) is 13.0 Å². The first-order chi connectivity index (χ1) is 6.31. The molecule has 0 aliphatic heterocycles. The summed E-state index contributed by atoms with van der Waals surface area (Å²) >= 11 is 0. The third kappa shape index (κ3) is 9.12. The van der Waals surface area contributed by atoms with Crippen molar-refractivity contribution in [3.8, 4) is 0 Å². The quantitative estimate of drug-likeness (QED) is 0.313. The van der Waals surface area contributed by atoms with Crippen LogP contribution in [0.15, 0.2) is 12.7 Å². The smallest absolute Gasteiger partial charge is 0.293 e. The highest BCUT2D eigenvalue weighted by molar-refractivity contribution is 5.37. The average molecular weight is 184 g/mol. The molecule has 76 valence electrons. The Morgan fingerprint density at radius 3 is 2.62 bits per heavy atom. The largest absolute Gasteiger partial charge is 0.465 e. The second kappa shape index (κ2) is 9.30. The Labute approximate surface area is 81.0 Å². The van der Waals surface area contributed by atoms with Crippen LogP contribution in [-0.2, 0) is 9.53 Å². The Bertz CT molecular complexity index is 132. The number of hydrogen-bond acceptors (Lipinski definition) is 2. The molecule has 0 radical (unpaired) electrons. The fourth-order valence-electron chi connectivity index (χ4n) is 1.24. The minimum Gasteiger partial charge on any atom is -0.465 e. The minimum absolute atomic E-state index is 0.0805. The first kappa shape index (κ1) is 12.2. The Balaban J connectivity index is 3.05. The number of rotatable bonds is 9.